The van der Waals surface area contributed by atoms with Gasteiger partial charge in [-0.15, -0.1) is 0 Å². The molecule has 14 heteroatoms. The van der Waals surface area contributed by atoms with Crippen molar-refractivity contribution < 1.29 is 40.7 Å². The number of carbonyl (C=O) groups is 2. The van der Waals surface area contributed by atoms with Gasteiger partial charge in [-0.2, -0.15) is 26.3 Å². The number of rotatable bonds is 4. The maximum Gasteiger partial charge on any atom is 0.418 e. The number of halogens is 8. The highest BCUT2D eigenvalue weighted by Crippen LogP contribution is 2.41. The number of fused-ring (bicyclic) bond motifs is 1. The smallest absolute Gasteiger partial charge is 0.418 e. The highest BCUT2D eigenvalue weighted by molar-refractivity contribution is 6.35. The van der Waals surface area contributed by atoms with Crippen LogP contribution in [0.2, 0.25) is 10.0 Å². The second-order valence-electron chi connectivity index (χ2n) is 9.57. The molecule has 1 unspecified atom stereocenters. The van der Waals surface area contributed by atoms with Gasteiger partial charge in [0.25, 0.3) is 5.91 Å². The van der Waals surface area contributed by atoms with Crippen molar-refractivity contribution in [3.05, 3.63) is 116 Å². The number of carbonyl (C=O) groups excluding carboxylic acids is 2. The van der Waals surface area contributed by atoms with Gasteiger partial charge in [0.1, 0.15) is 5.69 Å². The van der Waals surface area contributed by atoms with Crippen molar-refractivity contribution in [2.24, 2.45) is 0 Å². The maximum absolute atomic E-state index is 13.7. The van der Waals surface area contributed by atoms with Crippen molar-refractivity contribution in [3.63, 3.8) is 0 Å². The molecule has 0 saturated carbocycles. The van der Waals surface area contributed by atoms with E-state index in [0.717, 1.165) is 29.2 Å². The van der Waals surface area contributed by atoms with Crippen LogP contribution < -0.4 is 0 Å². The SMILES string of the molecule is Cc1ccc(C(=O)OC2c3ncn(-c4ccccc4)c3CCN2C(=O)c2cccc(C(F)(F)F)c2Cl)c(Cl)c1C(F)(F)F. The fourth-order valence-corrected chi connectivity index (χ4v) is 5.60. The van der Waals surface area contributed by atoms with E-state index < -0.39 is 62.8 Å². The first-order valence-corrected chi connectivity index (χ1v) is 13.3. The maximum atomic E-state index is 13.7. The summed E-state index contributed by atoms with van der Waals surface area (Å²) in [5.41, 5.74) is -2.61. The molecule has 1 aromatic heterocycles. The highest BCUT2D eigenvalue weighted by Gasteiger charge is 2.42. The number of aromatic nitrogens is 2. The molecule has 4 aromatic rings. The Morgan fingerprint density at radius 2 is 1.58 bits per heavy atom. The molecule has 0 aliphatic carbocycles. The van der Waals surface area contributed by atoms with Gasteiger partial charge in [-0.3, -0.25) is 9.69 Å². The molecule has 0 N–H and O–H groups in total. The van der Waals surface area contributed by atoms with Gasteiger partial charge in [0, 0.05) is 18.7 Å². The number of nitrogens with zero attached hydrogens (tertiary/aromatic N) is 3. The molecule has 0 spiro atoms. The number of imidazole rings is 1. The van der Waals surface area contributed by atoms with E-state index in [0.29, 0.717) is 17.4 Å². The summed E-state index contributed by atoms with van der Waals surface area (Å²) >= 11 is 12.0. The first-order valence-electron chi connectivity index (χ1n) is 12.6. The summed E-state index contributed by atoms with van der Waals surface area (Å²) < 4.78 is 88.9. The minimum Gasteiger partial charge on any atom is -0.432 e. The number of hydrogen-bond donors (Lipinski definition) is 0. The second-order valence-corrected chi connectivity index (χ2v) is 10.3. The Morgan fingerprint density at radius 1 is 0.884 bits per heavy atom. The second kappa shape index (κ2) is 11.2. The first kappa shape index (κ1) is 30.4. The zero-order valence-corrected chi connectivity index (χ0v) is 23.4. The number of amides is 1. The Morgan fingerprint density at radius 3 is 2.23 bits per heavy atom. The average molecular weight is 642 g/mol. The quantitative estimate of drug-likeness (QED) is 0.167. The van der Waals surface area contributed by atoms with Crippen molar-refractivity contribution >= 4 is 35.1 Å². The number of aryl methyl sites for hydroxylation is 1. The fourth-order valence-electron chi connectivity index (χ4n) is 4.89. The molecular weight excluding hydrogens is 623 g/mol. The zero-order valence-electron chi connectivity index (χ0n) is 21.9. The largest absolute Gasteiger partial charge is 0.432 e. The Labute approximate surface area is 250 Å². The minimum absolute atomic E-state index is 0.0548. The molecule has 1 amide bonds. The van der Waals surface area contributed by atoms with E-state index >= 15 is 0 Å². The summed E-state index contributed by atoms with van der Waals surface area (Å²) in [6.45, 7) is 1.01. The van der Waals surface area contributed by atoms with Crippen LogP contribution in [0.25, 0.3) is 5.69 Å². The van der Waals surface area contributed by atoms with E-state index in [-0.39, 0.29) is 24.2 Å². The summed E-state index contributed by atoms with van der Waals surface area (Å²) in [7, 11) is 0. The lowest BCUT2D eigenvalue weighted by Gasteiger charge is -2.35. The third-order valence-corrected chi connectivity index (χ3v) is 7.71. The lowest BCUT2D eigenvalue weighted by Crippen LogP contribution is -2.42. The van der Waals surface area contributed by atoms with E-state index in [1.807, 2.05) is 0 Å². The lowest BCUT2D eigenvalue weighted by atomic mass is 10.0. The van der Waals surface area contributed by atoms with Gasteiger partial charge in [0.15, 0.2) is 0 Å². The zero-order chi connectivity index (χ0) is 31.3. The van der Waals surface area contributed by atoms with Crippen LogP contribution >= 0.6 is 23.2 Å². The molecule has 224 valence electrons. The van der Waals surface area contributed by atoms with Gasteiger partial charge in [-0.25, -0.2) is 9.78 Å². The summed E-state index contributed by atoms with van der Waals surface area (Å²) in [5, 5.41) is -1.76. The molecule has 0 radical (unpaired) electrons. The van der Waals surface area contributed by atoms with Crippen LogP contribution in [0.1, 0.15) is 55.0 Å². The number of para-hydroxylation sites is 1. The molecule has 0 fully saturated rings. The summed E-state index contributed by atoms with van der Waals surface area (Å²) in [6.07, 6.45) is -9.84. The van der Waals surface area contributed by atoms with Crippen molar-refractivity contribution in [2.45, 2.75) is 31.9 Å². The van der Waals surface area contributed by atoms with Crippen LogP contribution in [0, 0.1) is 6.92 Å². The van der Waals surface area contributed by atoms with Gasteiger partial charge >= 0.3 is 18.3 Å². The van der Waals surface area contributed by atoms with Crippen molar-refractivity contribution in [2.75, 3.05) is 6.54 Å². The van der Waals surface area contributed by atoms with Crippen molar-refractivity contribution in [1.29, 1.82) is 0 Å². The van der Waals surface area contributed by atoms with E-state index in [9.17, 15) is 35.9 Å². The number of ether oxygens (including phenoxy) is 1. The summed E-state index contributed by atoms with van der Waals surface area (Å²) in [4.78, 5) is 32.3. The molecule has 0 bridgehead atoms. The summed E-state index contributed by atoms with van der Waals surface area (Å²) in [5.74, 6) is -2.32. The Hall–Kier alpha value is -4.03. The molecule has 2 heterocycles. The van der Waals surface area contributed by atoms with Crippen LogP contribution in [-0.2, 0) is 23.5 Å². The highest BCUT2D eigenvalue weighted by atomic mass is 35.5. The van der Waals surface area contributed by atoms with Crippen LogP contribution in [0.3, 0.4) is 0 Å². The van der Waals surface area contributed by atoms with E-state index in [2.05, 4.69) is 4.98 Å². The van der Waals surface area contributed by atoms with Gasteiger partial charge in [-0.05, 0) is 42.8 Å². The van der Waals surface area contributed by atoms with Crippen LogP contribution in [0.15, 0.2) is 67.0 Å². The summed E-state index contributed by atoms with van der Waals surface area (Å²) in [6, 6.07) is 13.8. The molecule has 5 rings (SSSR count). The lowest BCUT2D eigenvalue weighted by molar-refractivity contribution is -0.138. The number of benzene rings is 3. The standard InChI is InChI=1S/C29H19Cl2F6N3O3/c1-15-10-11-18(23(31)21(15)29(35,36)37)27(42)43-26-24-20(40(14-38-24)16-6-3-2-4-7-16)12-13-39(26)25(41)17-8-5-9-19(22(17)30)28(32,33)34/h2-11,14,26H,12-13H2,1H3. The fraction of sp³-hybridized carbons (Fsp3) is 0.207. The molecule has 43 heavy (non-hydrogen) atoms. The topological polar surface area (TPSA) is 64.4 Å². The Bertz CT molecular complexity index is 1720. The molecule has 6 nitrogen and oxygen atoms in total. The normalized spacial score (nSPS) is 15.3. The molecule has 1 aliphatic heterocycles. The van der Waals surface area contributed by atoms with Crippen LogP contribution in [0.4, 0.5) is 26.3 Å². The number of esters is 1. The van der Waals surface area contributed by atoms with Crippen LogP contribution in [-0.4, -0.2) is 32.9 Å². The third-order valence-electron chi connectivity index (χ3n) is 6.91. The predicted octanol–water partition coefficient (Wildman–Crippen LogP) is 8.08. The van der Waals surface area contributed by atoms with E-state index in [4.69, 9.17) is 27.9 Å². The van der Waals surface area contributed by atoms with Gasteiger partial charge < -0.3 is 9.30 Å². The van der Waals surface area contributed by atoms with Gasteiger partial charge in [0.05, 0.1) is 44.3 Å². The number of alkyl halides is 6. The molecule has 0 saturated heterocycles. The molecular formula is C29H19Cl2F6N3O3. The van der Waals surface area contributed by atoms with Gasteiger partial charge in [0.2, 0.25) is 6.23 Å². The minimum atomic E-state index is -4.88. The Balaban J connectivity index is 1.59. The van der Waals surface area contributed by atoms with Crippen molar-refractivity contribution in [1.82, 2.24) is 14.5 Å². The van der Waals surface area contributed by atoms with Gasteiger partial charge in [-0.1, -0.05) is 53.5 Å². The van der Waals surface area contributed by atoms with E-state index in [1.165, 1.54) is 13.3 Å². The van der Waals surface area contributed by atoms with E-state index in [1.54, 1.807) is 34.9 Å². The molecule has 1 aliphatic rings. The average Bonchev–Trinajstić information content (AvgIpc) is 3.37. The molecule has 1 atom stereocenters. The monoisotopic (exact) mass is 641 g/mol. The van der Waals surface area contributed by atoms with Crippen molar-refractivity contribution in [3.8, 4) is 5.69 Å². The molecule has 3 aromatic carbocycles. The Kier molecular flexibility index (Phi) is 7.95. The first-order chi connectivity index (χ1) is 20.2. The van der Waals surface area contributed by atoms with Crippen LogP contribution in [0.5, 0.6) is 0 Å². The third kappa shape index (κ3) is 5.68. The number of hydrogen-bond acceptors (Lipinski definition) is 4. The predicted molar refractivity (Wildman–Crippen MR) is 144 cm³/mol.